The normalized spacial score (nSPS) is 14.7. The van der Waals surface area contributed by atoms with Gasteiger partial charge in [-0.3, -0.25) is 62.3 Å². The third-order valence-electron chi connectivity index (χ3n) is 11.3. The van der Waals surface area contributed by atoms with E-state index in [4.69, 9.17) is 33.8 Å². The van der Waals surface area contributed by atoms with E-state index in [1.807, 2.05) is 5.32 Å². The van der Waals surface area contributed by atoms with Gasteiger partial charge in [0, 0.05) is 25.7 Å². The Kier molecular flexibility index (Phi) is 31.1. The fraction of sp³-hybridized carbons (Fsp3) is 0.565. The van der Waals surface area contributed by atoms with Crippen molar-refractivity contribution in [2.24, 2.45) is 28.7 Å². The summed E-state index contributed by atoms with van der Waals surface area (Å²) in [6.07, 6.45) is -4.60. The minimum Gasteiger partial charge on any atom is -0.481 e. The number of carbonyl (C=O) groups is 14. The molecule has 12 amide bonds. The predicted octanol–water partition coefficient (Wildman–Crippen LogP) is -9.60. The first-order valence-electron chi connectivity index (χ1n) is 24.5. The lowest BCUT2D eigenvalue weighted by molar-refractivity contribution is -0.143. The number of hydrogen-bond acceptors (Lipinski definition) is 19. The van der Waals surface area contributed by atoms with Crippen LogP contribution in [-0.2, 0) is 73.5 Å². The highest BCUT2D eigenvalue weighted by Crippen LogP contribution is 2.10. The molecule has 0 bridgehead atoms. The largest absolute Gasteiger partial charge is 0.481 e. The third-order valence-corrected chi connectivity index (χ3v) is 11.3. The molecule has 0 unspecified atom stereocenters. The summed E-state index contributed by atoms with van der Waals surface area (Å²) in [6, 6.07) is -9.05. The number of nitrogens with one attached hydrogen (secondary N) is 9. The monoisotopic (exact) mass is 1120 g/mol. The van der Waals surface area contributed by atoms with Crippen LogP contribution in [0, 0.1) is 0 Å². The van der Waals surface area contributed by atoms with Gasteiger partial charge in [-0.25, -0.2) is 4.79 Å². The van der Waals surface area contributed by atoms with Gasteiger partial charge >= 0.3 is 11.9 Å². The number of hydrogen-bond donors (Lipinski definition) is 19. The molecule has 10 atom stereocenters. The smallest absolute Gasteiger partial charge is 0.326 e. The molecule has 0 aromatic heterocycles. The minimum absolute atomic E-state index is 0.102. The zero-order chi connectivity index (χ0) is 59.9. The van der Waals surface area contributed by atoms with Gasteiger partial charge in [-0.1, -0.05) is 30.3 Å². The Balaban J connectivity index is 3.58. The zero-order valence-electron chi connectivity index (χ0n) is 43.1. The number of aliphatic carboxylic acids is 2. The average molecular weight is 1130 g/mol. The maximum Gasteiger partial charge on any atom is 0.326 e. The van der Waals surface area contributed by atoms with Crippen molar-refractivity contribution in [2.75, 3.05) is 26.4 Å². The van der Waals surface area contributed by atoms with Crippen molar-refractivity contribution in [3.05, 3.63) is 35.9 Å². The first-order valence-corrected chi connectivity index (χ1v) is 24.5. The molecule has 1 aromatic carbocycles. The van der Waals surface area contributed by atoms with Gasteiger partial charge in [0.2, 0.25) is 70.9 Å². The highest BCUT2D eigenvalue weighted by molar-refractivity contribution is 5.99. The molecule has 0 heterocycles. The van der Waals surface area contributed by atoms with Gasteiger partial charge in [-0.05, 0) is 57.6 Å². The molecule has 24 N–H and O–H groups in total. The number of unbranched alkanes of at least 4 members (excludes halogenated alkanes) is 1. The fourth-order valence-corrected chi connectivity index (χ4v) is 6.93. The Labute approximate surface area is 451 Å². The van der Waals surface area contributed by atoms with Crippen molar-refractivity contribution in [3.8, 4) is 0 Å². The molecule has 33 nitrogen and oxygen atoms in total. The zero-order valence-corrected chi connectivity index (χ0v) is 43.1. The van der Waals surface area contributed by atoms with Crippen molar-refractivity contribution in [1.82, 2.24) is 47.9 Å². The van der Waals surface area contributed by atoms with Crippen LogP contribution in [0.2, 0.25) is 0 Å². The second kappa shape index (κ2) is 35.8. The molecular weight excluding hydrogens is 1050 g/mol. The average Bonchev–Trinajstić information content (AvgIpc) is 3.39. The van der Waals surface area contributed by atoms with Crippen LogP contribution in [-0.4, -0.2) is 195 Å². The predicted molar refractivity (Wildman–Crippen MR) is 271 cm³/mol. The molecule has 1 aromatic rings. The Morgan fingerprint density at radius 3 is 1.28 bits per heavy atom. The summed E-state index contributed by atoms with van der Waals surface area (Å²) in [4.78, 5) is 180. The summed E-state index contributed by atoms with van der Waals surface area (Å²) >= 11 is 0. The lowest BCUT2D eigenvalue weighted by atomic mass is 10.0. The molecule has 0 spiro atoms. The second-order valence-corrected chi connectivity index (χ2v) is 17.8. The molecule has 79 heavy (non-hydrogen) atoms. The van der Waals surface area contributed by atoms with Gasteiger partial charge in [0.05, 0.1) is 26.2 Å². The van der Waals surface area contributed by atoms with Crippen LogP contribution in [0.1, 0.15) is 76.7 Å². The number of carbonyl (C=O) groups excluding carboxylic acids is 12. The highest BCUT2D eigenvalue weighted by atomic mass is 16.4. The van der Waals surface area contributed by atoms with Crippen LogP contribution in [0.5, 0.6) is 0 Å². The van der Waals surface area contributed by atoms with E-state index in [0.29, 0.717) is 5.56 Å². The van der Waals surface area contributed by atoms with E-state index in [-0.39, 0.29) is 32.2 Å². The van der Waals surface area contributed by atoms with Crippen LogP contribution < -0.4 is 76.5 Å². The number of rotatable bonds is 39. The van der Waals surface area contributed by atoms with Crippen LogP contribution in [0.3, 0.4) is 0 Å². The Bertz CT molecular complexity index is 2310. The first-order chi connectivity index (χ1) is 37.2. The van der Waals surface area contributed by atoms with E-state index in [2.05, 4.69) is 42.5 Å². The van der Waals surface area contributed by atoms with Gasteiger partial charge in [0.15, 0.2) is 0 Å². The van der Waals surface area contributed by atoms with E-state index < -0.39 is 208 Å². The van der Waals surface area contributed by atoms with Crippen LogP contribution in [0.15, 0.2) is 30.3 Å². The molecule has 0 saturated heterocycles. The molecular formula is C46H72N14O19. The maximum atomic E-state index is 14.3. The van der Waals surface area contributed by atoms with Gasteiger partial charge in [-0.15, -0.1) is 0 Å². The van der Waals surface area contributed by atoms with Gasteiger partial charge in [-0.2, -0.15) is 0 Å². The lowest BCUT2D eigenvalue weighted by Gasteiger charge is -2.28. The molecule has 440 valence electrons. The van der Waals surface area contributed by atoms with E-state index in [1.165, 1.54) is 6.92 Å². The summed E-state index contributed by atoms with van der Waals surface area (Å²) < 4.78 is 0. The van der Waals surface area contributed by atoms with Gasteiger partial charge in [0.25, 0.3) is 0 Å². The topological polar surface area (TPSA) is 578 Å². The number of carboxylic acid groups (broad SMARTS) is 2. The van der Waals surface area contributed by atoms with Crippen molar-refractivity contribution in [2.45, 2.75) is 138 Å². The molecule has 0 aliphatic carbocycles. The van der Waals surface area contributed by atoms with Gasteiger partial charge < -0.3 is 102 Å². The van der Waals surface area contributed by atoms with Gasteiger partial charge in [0.1, 0.15) is 60.4 Å². The Morgan fingerprint density at radius 2 is 0.835 bits per heavy atom. The lowest BCUT2D eigenvalue weighted by Crippen LogP contribution is -2.61. The molecule has 33 heteroatoms. The molecule has 0 radical (unpaired) electrons. The van der Waals surface area contributed by atoms with Crippen molar-refractivity contribution >= 4 is 82.8 Å². The molecule has 1 rings (SSSR count). The molecule has 0 saturated carbocycles. The quantitative estimate of drug-likeness (QED) is 0.0272. The minimum atomic E-state index is -1.89. The van der Waals surface area contributed by atoms with Crippen LogP contribution >= 0.6 is 0 Å². The van der Waals surface area contributed by atoms with E-state index in [9.17, 15) is 87.5 Å². The number of amides is 12. The number of primary amides is 3. The first kappa shape index (κ1) is 68.6. The number of benzene rings is 1. The summed E-state index contributed by atoms with van der Waals surface area (Å²) in [5, 5.41) is 68.1. The number of aliphatic hydroxyl groups is 3. The number of carboxylic acids is 2. The Hall–Kier alpha value is -8.40. The summed E-state index contributed by atoms with van der Waals surface area (Å²) in [5.41, 5.74) is 27.3. The van der Waals surface area contributed by atoms with E-state index in [0.717, 1.165) is 0 Å². The second-order valence-electron chi connectivity index (χ2n) is 17.8. The molecule has 0 aliphatic rings. The fourth-order valence-electron chi connectivity index (χ4n) is 6.93. The Morgan fingerprint density at radius 1 is 0.443 bits per heavy atom. The summed E-state index contributed by atoms with van der Waals surface area (Å²) in [5.74, 6) is -16.5. The third kappa shape index (κ3) is 26.5. The van der Waals surface area contributed by atoms with Crippen LogP contribution in [0.25, 0.3) is 0 Å². The van der Waals surface area contributed by atoms with E-state index >= 15 is 0 Å². The summed E-state index contributed by atoms with van der Waals surface area (Å²) in [7, 11) is 0. The number of aliphatic hydroxyl groups excluding tert-OH is 3. The molecule has 0 fully saturated rings. The van der Waals surface area contributed by atoms with E-state index in [1.54, 1.807) is 30.3 Å². The standard InChI is InChI=1S/C46H72N14O19/c1-22(52-38(70)24(48)19-61)37(69)59-31(20-62)45(77)58-30(18-35(51)66)43(75)57-29(17-23-7-3-2-4-8-23)42(74)53-25(9-5-6-16-47)39(71)55-27(12-15-36(67)68)40(72)54-26(10-13-33(49)64)41(73)60-32(21-63)44(76)56-28(46(78)79)11-14-34(50)65/h2-4,7-8,22,24-32,61-63H,5-6,9-21,47-48H2,1H3,(H2,49,64)(H2,50,65)(H2,51,66)(H,52,70)(H,53,74)(H,54,72)(H,55,71)(H,56,76)(H,57,75)(H,58,77)(H,59,69)(H,60,73)(H,67,68)(H,78,79)/t22-,24-,25-,26-,27-,28-,29-,30-,31-,32-/m0/s1. The SMILES string of the molecule is C[C@H](NC(=O)[C@@H](N)CO)C(=O)N[C@@H](CO)C(=O)N[C@@H](CC(N)=O)C(=O)N[C@@H](Cc1ccccc1)C(=O)N[C@@H](CCCCN)C(=O)N[C@@H](CCC(=O)O)C(=O)N[C@@H](CCC(N)=O)C(=O)N[C@@H](CO)C(=O)N[C@@H](CCC(N)=O)C(=O)O. The highest BCUT2D eigenvalue weighted by Gasteiger charge is 2.36. The number of nitrogens with two attached hydrogens (primary N) is 5. The summed E-state index contributed by atoms with van der Waals surface area (Å²) in [6.45, 7) is -1.70. The van der Waals surface area contributed by atoms with Crippen molar-refractivity contribution in [1.29, 1.82) is 0 Å². The van der Waals surface area contributed by atoms with Crippen molar-refractivity contribution < 1.29 is 92.7 Å². The molecule has 0 aliphatic heterocycles. The maximum absolute atomic E-state index is 14.3. The van der Waals surface area contributed by atoms with Crippen molar-refractivity contribution in [3.63, 3.8) is 0 Å². The van der Waals surface area contributed by atoms with Crippen LogP contribution in [0.4, 0.5) is 0 Å².